The Morgan fingerprint density at radius 3 is 0.723 bits per heavy atom. The lowest BCUT2D eigenvalue weighted by Gasteiger charge is -2.21. The third-order valence-corrected chi connectivity index (χ3v) is 19.4. The molecule has 0 amide bonds. The van der Waals surface area contributed by atoms with E-state index in [2.05, 4.69) is 34.6 Å². The van der Waals surface area contributed by atoms with Gasteiger partial charge in [-0.2, -0.15) is 0 Å². The summed E-state index contributed by atoms with van der Waals surface area (Å²) in [7, 11) is -9.90. The average Bonchev–Trinajstić information content (AvgIpc) is 1.31. The third-order valence-electron chi connectivity index (χ3n) is 17.5. The van der Waals surface area contributed by atoms with Gasteiger partial charge in [-0.25, -0.2) is 9.13 Å². The van der Waals surface area contributed by atoms with Crippen molar-refractivity contribution in [1.82, 2.24) is 0 Å². The highest BCUT2D eigenvalue weighted by Crippen LogP contribution is 2.45. The summed E-state index contributed by atoms with van der Waals surface area (Å²) in [4.78, 5) is 72.7. The predicted octanol–water partition coefficient (Wildman–Crippen LogP) is 22.1. The standard InChI is InChI=1S/C75H146O17P2/c1-6-9-12-15-18-21-23-24-25-26-29-32-35-40-44-49-54-59-73(78)86-65-71(92-75(80)61-56-51-46-41-36-33-30-27-28-31-34-38-42-47-52-57-68(4)5)67-90-94(83,84)88-63-69(76)62-87-93(81,82)89-66-70(64-85-72(77)58-53-48-43-37-20-17-14-11-8-3)91-74(79)60-55-50-45-39-22-19-16-13-10-7-2/h68-71,76H,6-67H2,1-5H3,(H,81,82)(H,83,84)/t69-,70+,71+/m0/s1. The topological polar surface area (TPSA) is 237 Å². The van der Waals surface area contributed by atoms with Crippen LogP contribution in [0.1, 0.15) is 394 Å². The molecule has 0 aromatic carbocycles. The summed E-state index contributed by atoms with van der Waals surface area (Å²) in [6.45, 7) is 7.29. The van der Waals surface area contributed by atoms with E-state index in [-0.39, 0.29) is 25.7 Å². The number of aliphatic hydroxyl groups excluding tert-OH is 1. The first-order chi connectivity index (χ1) is 45.5. The molecule has 94 heavy (non-hydrogen) atoms. The average molecular weight is 1380 g/mol. The first-order valence-corrected chi connectivity index (χ1v) is 42.1. The molecule has 0 saturated heterocycles. The van der Waals surface area contributed by atoms with E-state index in [4.69, 9.17) is 37.0 Å². The zero-order chi connectivity index (χ0) is 69.1. The van der Waals surface area contributed by atoms with Crippen LogP contribution in [0.3, 0.4) is 0 Å². The van der Waals surface area contributed by atoms with Crippen LogP contribution in [-0.2, 0) is 65.4 Å². The molecule has 17 nitrogen and oxygen atoms in total. The number of phosphoric acid groups is 2. The predicted molar refractivity (Wildman–Crippen MR) is 382 cm³/mol. The number of carbonyl (C=O) groups is 4. The fourth-order valence-electron chi connectivity index (χ4n) is 11.5. The molecule has 0 aliphatic heterocycles. The van der Waals surface area contributed by atoms with Gasteiger partial charge >= 0.3 is 39.5 Å². The molecule has 19 heteroatoms. The molecule has 0 bridgehead atoms. The minimum atomic E-state index is -4.96. The molecule has 0 fully saturated rings. The number of rotatable bonds is 75. The number of carbonyl (C=O) groups excluding carboxylic acids is 4. The van der Waals surface area contributed by atoms with Crippen LogP contribution in [0.4, 0.5) is 0 Å². The maximum Gasteiger partial charge on any atom is 0.472 e. The van der Waals surface area contributed by atoms with E-state index >= 15 is 0 Å². The second-order valence-electron chi connectivity index (χ2n) is 27.5. The molecule has 0 spiro atoms. The van der Waals surface area contributed by atoms with Gasteiger partial charge in [0.05, 0.1) is 26.4 Å². The normalized spacial score (nSPS) is 14.0. The fourth-order valence-corrected chi connectivity index (χ4v) is 13.1. The molecule has 3 N–H and O–H groups in total. The van der Waals surface area contributed by atoms with Crippen LogP contribution in [0.2, 0.25) is 0 Å². The van der Waals surface area contributed by atoms with E-state index in [1.165, 1.54) is 218 Å². The van der Waals surface area contributed by atoms with Crippen LogP contribution in [0, 0.1) is 5.92 Å². The Kier molecular flexibility index (Phi) is 66.8. The first-order valence-electron chi connectivity index (χ1n) is 39.1. The number of phosphoric ester groups is 2. The van der Waals surface area contributed by atoms with Crippen molar-refractivity contribution in [2.75, 3.05) is 39.6 Å². The van der Waals surface area contributed by atoms with Crippen molar-refractivity contribution in [2.45, 2.75) is 412 Å². The fraction of sp³-hybridized carbons (Fsp3) is 0.947. The summed E-state index contributed by atoms with van der Waals surface area (Å²) in [6.07, 6.45) is 56.9. The van der Waals surface area contributed by atoms with Crippen molar-refractivity contribution in [1.29, 1.82) is 0 Å². The highest BCUT2D eigenvalue weighted by Gasteiger charge is 2.30. The quantitative estimate of drug-likeness (QED) is 0.0222. The molecule has 2 unspecified atom stereocenters. The van der Waals surface area contributed by atoms with Gasteiger partial charge in [0.1, 0.15) is 19.3 Å². The summed E-state index contributed by atoms with van der Waals surface area (Å²) in [6, 6.07) is 0. The molecule has 0 aromatic heterocycles. The molecule has 5 atom stereocenters. The number of hydrogen-bond acceptors (Lipinski definition) is 15. The van der Waals surface area contributed by atoms with E-state index in [0.29, 0.717) is 25.7 Å². The second kappa shape index (κ2) is 68.2. The molecule has 0 aromatic rings. The molecule has 0 rings (SSSR count). The third kappa shape index (κ3) is 68.6. The molecule has 558 valence electrons. The maximum absolute atomic E-state index is 13.1. The highest BCUT2D eigenvalue weighted by atomic mass is 31.2. The number of esters is 4. The van der Waals surface area contributed by atoms with Crippen molar-refractivity contribution in [3.05, 3.63) is 0 Å². The molecular weight excluding hydrogens is 1230 g/mol. The Morgan fingerprint density at radius 1 is 0.287 bits per heavy atom. The lowest BCUT2D eigenvalue weighted by molar-refractivity contribution is -0.161. The van der Waals surface area contributed by atoms with Gasteiger partial charge in [-0.1, -0.05) is 343 Å². The Bertz CT molecular complexity index is 1810. The van der Waals surface area contributed by atoms with Crippen molar-refractivity contribution in [2.24, 2.45) is 5.92 Å². The Labute approximate surface area is 575 Å². The zero-order valence-electron chi connectivity index (χ0n) is 61.1. The number of ether oxygens (including phenoxy) is 4. The van der Waals surface area contributed by atoms with E-state index in [1.807, 2.05) is 0 Å². The SMILES string of the molecule is CCCCCCCCCCCCCCCCCCCC(=O)OC[C@H](COP(=O)(O)OC[C@@H](O)COP(=O)(O)OC[C@@H](COC(=O)CCCCCCCCCCC)OC(=O)CCCCCCCCCCCC)OC(=O)CCCCCCCCCCCCCCCCCC(C)C. The monoisotopic (exact) mass is 1380 g/mol. The molecule has 0 heterocycles. The van der Waals surface area contributed by atoms with Gasteiger partial charge in [0.2, 0.25) is 0 Å². The summed E-state index contributed by atoms with van der Waals surface area (Å²) >= 11 is 0. The van der Waals surface area contributed by atoms with Crippen LogP contribution in [0.5, 0.6) is 0 Å². The smallest absolute Gasteiger partial charge is 0.462 e. The molecule has 0 aliphatic rings. The lowest BCUT2D eigenvalue weighted by atomic mass is 10.0. The van der Waals surface area contributed by atoms with Crippen molar-refractivity contribution in [3.63, 3.8) is 0 Å². The second-order valence-corrected chi connectivity index (χ2v) is 30.4. The van der Waals surface area contributed by atoms with E-state index < -0.39 is 97.5 Å². The van der Waals surface area contributed by atoms with Crippen LogP contribution >= 0.6 is 15.6 Å². The van der Waals surface area contributed by atoms with Crippen molar-refractivity contribution in [3.8, 4) is 0 Å². The highest BCUT2D eigenvalue weighted by molar-refractivity contribution is 7.47. The van der Waals surface area contributed by atoms with Crippen LogP contribution in [0.15, 0.2) is 0 Å². The Morgan fingerprint density at radius 2 is 0.489 bits per heavy atom. The van der Waals surface area contributed by atoms with Gasteiger partial charge in [-0.05, 0) is 31.6 Å². The van der Waals surface area contributed by atoms with Crippen molar-refractivity contribution >= 4 is 39.5 Å². The molecule has 0 saturated carbocycles. The molecule has 0 radical (unpaired) electrons. The Balaban J connectivity index is 5.20. The van der Waals surface area contributed by atoms with Gasteiger partial charge in [0.15, 0.2) is 12.2 Å². The van der Waals surface area contributed by atoms with Gasteiger partial charge in [-0.15, -0.1) is 0 Å². The van der Waals surface area contributed by atoms with E-state index in [1.54, 1.807) is 0 Å². The summed E-state index contributed by atoms with van der Waals surface area (Å²) in [5.41, 5.74) is 0. The van der Waals surface area contributed by atoms with Crippen LogP contribution in [-0.4, -0.2) is 96.7 Å². The van der Waals surface area contributed by atoms with E-state index in [9.17, 15) is 43.2 Å². The Hall–Kier alpha value is -1.94. The van der Waals surface area contributed by atoms with Gasteiger partial charge in [0.25, 0.3) is 0 Å². The summed E-state index contributed by atoms with van der Waals surface area (Å²) < 4.78 is 68.4. The summed E-state index contributed by atoms with van der Waals surface area (Å²) in [5, 5.41) is 10.6. The lowest BCUT2D eigenvalue weighted by Crippen LogP contribution is -2.30. The first kappa shape index (κ1) is 92.1. The van der Waals surface area contributed by atoms with Gasteiger partial charge in [-0.3, -0.25) is 37.3 Å². The van der Waals surface area contributed by atoms with Gasteiger partial charge < -0.3 is 33.8 Å². The summed E-state index contributed by atoms with van der Waals surface area (Å²) in [5.74, 6) is -1.31. The van der Waals surface area contributed by atoms with Crippen molar-refractivity contribution < 1.29 is 80.2 Å². The minimum absolute atomic E-state index is 0.107. The number of hydrogen-bond donors (Lipinski definition) is 3. The van der Waals surface area contributed by atoms with Gasteiger partial charge in [0, 0.05) is 25.7 Å². The largest absolute Gasteiger partial charge is 0.472 e. The van der Waals surface area contributed by atoms with Crippen LogP contribution in [0.25, 0.3) is 0 Å². The maximum atomic E-state index is 13.1. The number of aliphatic hydroxyl groups is 1. The van der Waals surface area contributed by atoms with E-state index in [0.717, 1.165) is 95.8 Å². The molecule has 0 aliphatic carbocycles. The zero-order valence-corrected chi connectivity index (χ0v) is 62.9. The minimum Gasteiger partial charge on any atom is -0.462 e. The van der Waals surface area contributed by atoms with Crippen LogP contribution < -0.4 is 0 Å². The number of unbranched alkanes of at least 4 members (excludes halogenated alkanes) is 47. The molecular formula is C75H146O17P2.